The maximum Gasteiger partial charge on any atom is 0.255 e. The van der Waals surface area contributed by atoms with E-state index in [1.165, 1.54) is 0 Å². The van der Waals surface area contributed by atoms with Gasteiger partial charge in [-0.2, -0.15) is 0 Å². The summed E-state index contributed by atoms with van der Waals surface area (Å²) in [6, 6.07) is 9.43. The summed E-state index contributed by atoms with van der Waals surface area (Å²) in [5, 5.41) is 0. The lowest BCUT2D eigenvalue weighted by molar-refractivity contribution is 0.313. The number of H-pyrrole nitrogens is 1. The van der Waals surface area contributed by atoms with Crippen molar-refractivity contribution in [3.8, 4) is 16.9 Å². The molecule has 4 nitrogen and oxygen atoms in total. The monoisotopic (exact) mass is 258 g/mol. The van der Waals surface area contributed by atoms with Crippen molar-refractivity contribution in [3.63, 3.8) is 0 Å². The third-order valence-corrected chi connectivity index (χ3v) is 2.80. The lowest BCUT2D eigenvalue weighted by atomic mass is 10.0. The fourth-order valence-corrected chi connectivity index (χ4v) is 1.91. The Morgan fingerprint density at radius 3 is 2.89 bits per heavy atom. The first-order chi connectivity index (χ1) is 9.20. The van der Waals surface area contributed by atoms with Crippen LogP contribution < -0.4 is 16.0 Å². The number of aromatic amines is 1. The zero-order valence-electron chi connectivity index (χ0n) is 11.0. The predicted octanol–water partition coefficient (Wildman–Crippen LogP) is 2.08. The summed E-state index contributed by atoms with van der Waals surface area (Å²) in [5.41, 5.74) is 7.91. The van der Waals surface area contributed by atoms with Crippen LogP contribution in [0.15, 0.2) is 41.3 Å². The van der Waals surface area contributed by atoms with Crippen molar-refractivity contribution >= 4 is 0 Å². The Labute approximate surface area is 112 Å². The van der Waals surface area contributed by atoms with Crippen LogP contribution in [-0.2, 0) is 0 Å². The summed E-state index contributed by atoms with van der Waals surface area (Å²) in [5.74, 6) is 0.770. The minimum Gasteiger partial charge on any atom is -0.494 e. The molecule has 0 atom stereocenters. The van der Waals surface area contributed by atoms with Crippen molar-refractivity contribution in [1.82, 2.24) is 4.98 Å². The van der Waals surface area contributed by atoms with Gasteiger partial charge in [0.05, 0.1) is 6.61 Å². The number of hydrogen-bond donors (Lipinski definition) is 2. The molecule has 0 unspecified atom stereocenters. The fourth-order valence-electron chi connectivity index (χ4n) is 1.91. The molecule has 0 saturated heterocycles. The molecular weight excluding hydrogens is 240 g/mol. The van der Waals surface area contributed by atoms with Crippen LogP contribution in [0, 0.1) is 6.92 Å². The number of nitrogens with two attached hydrogens (primary N) is 1. The Balaban J connectivity index is 2.31. The van der Waals surface area contributed by atoms with Crippen molar-refractivity contribution < 1.29 is 4.74 Å². The number of hydrogen-bond acceptors (Lipinski definition) is 3. The second-order valence-electron chi connectivity index (χ2n) is 4.44. The molecule has 100 valence electrons. The zero-order chi connectivity index (χ0) is 13.7. The van der Waals surface area contributed by atoms with Gasteiger partial charge < -0.3 is 15.5 Å². The molecule has 0 bridgehead atoms. The van der Waals surface area contributed by atoms with E-state index in [-0.39, 0.29) is 5.56 Å². The van der Waals surface area contributed by atoms with Crippen LogP contribution in [0.1, 0.15) is 12.0 Å². The van der Waals surface area contributed by atoms with E-state index in [0.29, 0.717) is 18.7 Å². The number of ether oxygens (including phenoxy) is 1. The van der Waals surface area contributed by atoms with Gasteiger partial charge in [0.25, 0.3) is 5.56 Å². The highest BCUT2D eigenvalue weighted by Crippen LogP contribution is 2.23. The molecule has 0 amide bonds. The number of nitrogens with one attached hydrogen (secondary N) is 1. The smallest absolute Gasteiger partial charge is 0.255 e. The lowest BCUT2D eigenvalue weighted by Gasteiger charge is -2.09. The Kier molecular flexibility index (Phi) is 4.36. The van der Waals surface area contributed by atoms with Gasteiger partial charge in [-0.05, 0) is 55.3 Å². The maximum absolute atomic E-state index is 11.8. The average Bonchev–Trinajstić information content (AvgIpc) is 2.39. The quantitative estimate of drug-likeness (QED) is 0.807. The van der Waals surface area contributed by atoms with E-state index in [1.54, 1.807) is 12.3 Å². The second-order valence-corrected chi connectivity index (χ2v) is 4.44. The van der Waals surface area contributed by atoms with Crippen LogP contribution in [0.2, 0.25) is 0 Å². The first kappa shape index (κ1) is 13.4. The highest BCUT2D eigenvalue weighted by Gasteiger charge is 2.05. The van der Waals surface area contributed by atoms with Crippen LogP contribution in [0.3, 0.4) is 0 Å². The molecule has 1 aromatic heterocycles. The van der Waals surface area contributed by atoms with Gasteiger partial charge in [-0.25, -0.2) is 0 Å². The van der Waals surface area contributed by atoms with Gasteiger partial charge in [-0.3, -0.25) is 4.79 Å². The van der Waals surface area contributed by atoms with Gasteiger partial charge in [-0.1, -0.05) is 6.07 Å². The predicted molar refractivity (Wildman–Crippen MR) is 76.4 cm³/mol. The molecule has 2 aromatic rings. The maximum atomic E-state index is 11.8. The Hall–Kier alpha value is -2.07. The van der Waals surface area contributed by atoms with Crippen LogP contribution in [0.25, 0.3) is 11.1 Å². The van der Waals surface area contributed by atoms with E-state index in [0.717, 1.165) is 23.3 Å². The molecule has 0 saturated carbocycles. The minimum absolute atomic E-state index is 0.0963. The minimum atomic E-state index is -0.0963. The molecule has 0 fully saturated rings. The molecule has 3 N–H and O–H groups in total. The first-order valence-electron chi connectivity index (χ1n) is 6.33. The summed E-state index contributed by atoms with van der Waals surface area (Å²) in [6.45, 7) is 3.18. The van der Waals surface area contributed by atoms with Crippen molar-refractivity contribution in [2.75, 3.05) is 13.2 Å². The normalized spacial score (nSPS) is 10.4. The second kappa shape index (κ2) is 6.20. The lowest BCUT2D eigenvalue weighted by Crippen LogP contribution is -2.08. The summed E-state index contributed by atoms with van der Waals surface area (Å²) in [4.78, 5) is 14.5. The largest absolute Gasteiger partial charge is 0.494 e. The molecule has 0 radical (unpaired) electrons. The first-order valence-corrected chi connectivity index (χ1v) is 6.33. The molecule has 0 aliphatic rings. The van der Waals surface area contributed by atoms with Gasteiger partial charge in [0, 0.05) is 11.8 Å². The molecule has 4 heteroatoms. The Bertz CT molecular complexity index is 605. The summed E-state index contributed by atoms with van der Waals surface area (Å²) >= 11 is 0. The molecule has 19 heavy (non-hydrogen) atoms. The summed E-state index contributed by atoms with van der Waals surface area (Å²) < 4.78 is 5.64. The third-order valence-electron chi connectivity index (χ3n) is 2.80. The molecule has 1 heterocycles. The zero-order valence-corrected chi connectivity index (χ0v) is 11.0. The van der Waals surface area contributed by atoms with E-state index >= 15 is 0 Å². The molecule has 1 aromatic carbocycles. The van der Waals surface area contributed by atoms with Gasteiger partial charge in [-0.15, -0.1) is 0 Å². The third kappa shape index (κ3) is 3.45. The molecule has 0 aliphatic heterocycles. The van der Waals surface area contributed by atoms with Crippen LogP contribution in [0.5, 0.6) is 5.75 Å². The summed E-state index contributed by atoms with van der Waals surface area (Å²) in [7, 11) is 0. The van der Waals surface area contributed by atoms with Crippen molar-refractivity contribution in [1.29, 1.82) is 0 Å². The van der Waals surface area contributed by atoms with E-state index in [4.69, 9.17) is 10.5 Å². The van der Waals surface area contributed by atoms with Crippen LogP contribution in [0.4, 0.5) is 0 Å². The van der Waals surface area contributed by atoms with Crippen molar-refractivity contribution in [2.24, 2.45) is 5.73 Å². The number of aromatic nitrogens is 1. The molecule has 2 rings (SSSR count). The van der Waals surface area contributed by atoms with Crippen LogP contribution in [-0.4, -0.2) is 18.1 Å². The topological polar surface area (TPSA) is 68.1 Å². The summed E-state index contributed by atoms with van der Waals surface area (Å²) in [6.07, 6.45) is 2.44. The molecular formula is C15H18N2O2. The Morgan fingerprint density at radius 1 is 1.32 bits per heavy atom. The fraction of sp³-hybridized carbons (Fsp3) is 0.267. The van der Waals surface area contributed by atoms with Gasteiger partial charge >= 0.3 is 0 Å². The number of pyridine rings is 1. The average molecular weight is 258 g/mol. The highest BCUT2D eigenvalue weighted by molar-refractivity contribution is 5.65. The standard InChI is InChI=1S/C15H18N2O2/c1-11-8-12(14-4-2-6-17-15(14)18)10-13(9-11)19-7-3-5-16/h2,4,6,8-10H,3,5,7,16H2,1H3,(H,17,18). The van der Waals surface area contributed by atoms with Gasteiger partial charge in [0.1, 0.15) is 5.75 Å². The van der Waals surface area contributed by atoms with E-state index in [1.807, 2.05) is 31.2 Å². The number of benzene rings is 1. The molecule has 0 spiro atoms. The highest BCUT2D eigenvalue weighted by atomic mass is 16.5. The van der Waals surface area contributed by atoms with E-state index in [2.05, 4.69) is 4.98 Å². The number of rotatable bonds is 5. The SMILES string of the molecule is Cc1cc(OCCCN)cc(-c2ccc[nH]c2=O)c1. The van der Waals surface area contributed by atoms with E-state index in [9.17, 15) is 4.79 Å². The molecule has 0 aliphatic carbocycles. The van der Waals surface area contributed by atoms with Gasteiger partial charge in [0.15, 0.2) is 0 Å². The van der Waals surface area contributed by atoms with Crippen LogP contribution >= 0.6 is 0 Å². The Morgan fingerprint density at radius 2 is 2.16 bits per heavy atom. The van der Waals surface area contributed by atoms with Crippen molar-refractivity contribution in [3.05, 3.63) is 52.4 Å². The van der Waals surface area contributed by atoms with Crippen molar-refractivity contribution in [2.45, 2.75) is 13.3 Å². The number of aryl methyl sites for hydroxylation is 1. The van der Waals surface area contributed by atoms with Gasteiger partial charge in [0.2, 0.25) is 0 Å². The van der Waals surface area contributed by atoms with E-state index < -0.39 is 0 Å².